The molecule has 0 fully saturated rings. The van der Waals surface area contributed by atoms with E-state index < -0.39 is 5.97 Å². The van der Waals surface area contributed by atoms with Crippen molar-refractivity contribution in [2.75, 3.05) is 13.7 Å². The van der Waals surface area contributed by atoms with Crippen molar-refractivity contribution in [2.45, 2.75) is 72.5 Å². The van der Waals surface area contributed by atoms with Gasteiger partial charge in [0.15, 0.2) is 0 Å². The van der Waals surface area contributed by atoms with Crippen molar-refractivity contribution < 1.29 is 19.0 Å². The molecule has 0 bridgehead atoms. The largest absolute Gasteiger partial charge is 0.496 e. The number of fused-ring (bicyclic) bond motifs is 1. The number of unbranched alkanes of at least 4 members (excludes halogenated alkanes) is 1. The van der Waals surface area contributed by atoms with Crippen molar-refractivity contribution in [1.29, 1.82) is 0 Å². The first-order valence-electron chi connectivity index (χ1n) is 11.2. The molecule has 0 radical (unpaired) electrons. The Hall–Kier alpha value is -2.53. The first-order valence-corrected chi connectivity index (χ1v) is 11.2. The van der Waals surface area contributed by atoms with Gasteiger partial charge in [-0.05, 0) is 45.7 Å². The van der Waals surface area contributed by atoms with Crippen molar-refractivity contribution in [3.63, 3.8) is 0 Å². The predicted octanol–water partition coefficient (Wildman–Crippen LogP) is 5.91. The van der Waals surface area contributed by atoms with Gasteiger partial charge >= 0.3 is 5.97 Å². The lowest BCUT2D eigenvalue weighted by molar-refractivity contribution is 0.0728. The van der Waals surface area contributed by atoms with Gasteiger partial charge in [-0.25, -0.2) is 4.79 Å². The minimum atomic E-state index is -0.412. The SMILES string of the molecule is CCCCOc1c2c(c(OC)c(C)c1C(=O)Oc1ccccc1)CN(C(C)(C)CC)C2. The molecule has 1 heterocycles. The fourth-order valence-electron chi connectivity index (χ4n) is 4.01. The minimum Gasteiger partial charge on any atom is -0.496 e. The average molecular weight is 426 g/mol. The molecule has 2 aromatic rings. The van der Waals surface area contributed by atoms with Crippen LogP contribution in [0.5, 0.6) is 17.2 Å². The van der Waals surface area contributed by atoms with Crippen molar-refractivity contribution >= 4 is 5.97 Å². The van der Waals surface area contributed by atoms with Crippen LogP contribution in [0, 0.1) is 6.92 Å². The van der Waals surface area contributed by atoms with Gasteiger partial charge in [-0.2, -0.15) is 0 Å². The Labute approximate surface area is 186 Å². The summed E-state index contributed by atoms with van der Waals surface area (Å²) in [5.74, 6) is 1.51. The lowest BCUT2D eigenvalue weighted by Gasteiger charge is -2.34. The van der Waals surface area contributed by atoms with Gasteiger partial charge in [-0.3, -0.25) is 4.90 Å². The molecule has 1 aliphatic rings. The fraction of sp³-hybridized carbons (Fsp3) is 0.500. The van der Waals surface area contributed by atoms with E-state index in [4.69, 9.17) is 14.2 Å². The van der Waals surface area contributed by atoms with E-state index in [1.165, 1.54) is 0 Å². The van der Waals surface area contributed by atoms with Crippen LogP contribution in [0.1, 0.15) is 74.0 Å². The molecule has 0 unspecified atom stereocenters. The van der Waals surface area contributed by atoms with Crippen LogP contribution in [0.15, 0.2) is 30.3 Å². The number of methoxy groups -OCH3 is 1. The Morgan fingerprint density at radius 3 is 2.29 bits per heavy atom. The monoisotopic (exact) mass is 425 g/mol. The quantitative estimate of drug-likeness (QED) is 0.284. The Balaban J connectivity index is 2.10. The summed E-state index contributed by atoms with van der Waals surface area (Å²) >= 11 is 0. The molecule has 31 heavy (non-hydrogen) atoms. The van der Waals surface area contributed by atoms with Crippen molar-refractivity contribution in [3.8, 4) is 17.2 Å². The number of carbonyl (C=O) groups is 1. The number of para-hydroxylation sites is 1. The average Bonchev–Trinajstić information content (AvgIpc) is 3.20. The van der Waals surface area contributed by atoms with Crippen LogP contribution in [-0.2, 0) is 13.1 Å². The highest BCUT2D eigenvalue weighted by Gasteiger charge is 2.38. The number of hydrogen-bond acceptors (Lipinski definition) is 5. The molecule has 0 amide bonds. The summed E-state index contributed by atoms with van der Waals surface area (Å²) in [5, 5.41) is 0. The number of esters is 1. The van der Waals surface area contributed by atoms with Crippen LogP contribution in [0.2, 0.25) is 0 Å². The zero-order chi connectivity index (χ0) is 22.6. The lowest BCUT2D eigenvalue weighted by atomic mass is 9.97. The zero-order valence-corrected chi connectivity index (χ0v) is 19.7. The Kier molecular flexibility index (Phi) is 7.26. The van der Waals surface area contributed by atoms with E-state index in [9.17, 15) is 4.79 Å². The second-order valence-electron chi connectivity index (χ2n) is 8.75. The molecule has 168 valence electrons. The third-order valence-corrected chi connectivity index (χ3v) is 6.38. The molecular weight excluding hydrogens is 390 g/mol. The number of ether oxygens (including phenoxy) is 3. The highest BCUT2D eigenvalue weighted by Crippen LogP contribution is 2.45. The number of nitrogens with zero attached hydrogens (tertiary/aromatic N) is 1. The van der Waals surface area contributed by atoms with E-state index in [2.05, 4.69) is 32.6 Å². The summed E-state index contributed by atoms with van der Waals surface area (Å²) in [5.41, 5.74) is 3.42. The van der Waals surface area contributed by atoms with E-state index in [1.807, 2.05) is 25.1 Å². The van der Waals surface area contributed by atoms with E-state index >= 15 is 0 Å². The maximum Gasteiger partial charge on any atom is 0.347 e. The molecular formula is C26H35NO4. The first kappa shape index (κ1) is 23.1. The van der Waals surface area contributed by atoms with Crippen LogP contribution in [0.4, 0.5) is 0 Å². The number of benzene rings is 2. The predicted molar refractivity (Wildman–Crippen MR) is 123 cm³/mol. The lowest BCUT2D eigenvalue weighted by Crippen LogP contribution is -2.39. The van der Waals surface area contributed by atoms with E-state index in [0.29, 0.717) is 23.7 Å². The van der Waals surface area contributed by atoms with Gasteiger partial charge in [0, 0.05) is 35.3 Å². The maximum absolute atomic E-state index is 13.3. The maximum atomic E-state index is 13.3. The van der Waals surface area contributed by atoms with Gasteiger partial charge in [0.2, 0.25) is 0 Å². The first-order chi connectivity index (χ1) is 14.8. The molecule has 0 aromatic heterocycles. The van der Waals surface area contributed by atoms with Crippen molar-refractivity contribution in [3.05, 3.63) is 52.6 Å². The number of rotatable bonds is 9. The molecule has 1 aliphatic heterocycles. The normalized spacial score (nSPS) is 13.7. The van der Waals surface area contributed by atoms with Gasteiger partial charge in [-0.1, -0.05) is 38.5 Å². The number of hydrogen-bond donors (Lipinski definition) is 0. The molecule has 0 atom stereocenters. The third-order valence-electron chi connectivity index (χ3n) is 6.38. The van der Waals surface area contributed by atoms with E-state index in [-0.39, 0.29) is 5.54 Å². The molecule has 2 aromatic carbocycles. The molecule has 0 aliphatic carbocycles. The van der Waals surface area contributed by atoms with Crippen LogP contribution in [0.3, 0.4) is 0 Å². The second kappa shape index (κ2) is 9.73. The smallest absolute Gasteiger partial charge is 0.347 e. The minimum absolute atomic E-state index is 0.0311. The zero-order valence-electron chi connectivity index (χ0n) is 19.7. The molecule has 5 heteroatoms. The Morgan fingerprint density at radius 1 is 1.06 bits per heavy atom. The van der Waals surface area contributed by atoms with Gasteiger partial charge in [0.25, 0.3) is 0 Å². The van der Waals surface area contributed by atoms with Crippen LogP contribution in [0.25, 0.3) is 0 Å². The van der Waals surface area contributed by atoms with Crippen LogP contribution >= 0.6 is 0 Å². The molecule has 0 spiro atoms. The summed E-state index contributed by atoms with van der Waals surface area (Å²) in [6, 6.07) is 9.15. The molecule has 0 saturated heterocycles. The Bertz CT molecular complexity index is 921. The summed E-state index contributed by atoms with van der Waals surface area (Å²) in [6.07, 6.45) is 2.98. The molecule has 0 N–H and O–H groups in total. The summed E-state index contributed by atoms with van der Waals surface area (Å²) < 4.78 is 17.8. The van der Waals surface area contributed by atoms with Gasteiger partial charge < -0.3 is 14.2 Å². The molecule has 0 saturated carbocycles. The van der Waals surface area contributed by atoms with E-state index in [1.54, 1.807) is 19.2 Å². The highest BCUT2D eigenvalue weighted by atomic mass is 16.5. The second-order valence-corrected chi connectivity index (χ2v) is 8.75. The van der Waals surface area contributed by atoms with Crippen LogP contribution in [-0.4, -0.2) is 30.1 Å². The highest BCUT2D eigenvalue weighted by molar-refractivity contribution is 5.97. The topological polar surface area (TPSA) is 48.0 Å². The standard InChI is InChI=1S/C26H35NO4/c1-7-9-15-30-24-21-17-27(26(4,5)8-2)16-20(21)23(29-6)18(3)22(24)25(28)31-19-13-11-10-12-14-19/h10-14H,7-9,15-17H2,1-6H3. The van der Waals surface area contributed by atoms with Crippen LogP contribution < -0.4 is 14.2 Å². The Morgan fingerprint density at radius 2 is 1.71 bits per heavy atom. The summed E-state index contributed by atoms with van der Waals surface area (Å²) in [7, 11) is 1.67. The molecule has 5 nitrogen and oxygen atoms in total. The summed E-state index contributed by atoms with van der Waals surface area (Å²) in [4.78, 5) is 15.7. The van der Waals surface area contributed by atoms with E-state index in [0.717, 1.165) is 54.8 Å². The molecule has 3 rings (SSSR count). The number of carbonyl (C=O) groups excluding carboxylic acids is 1. The van der Waals surface area contributed by atoms with Gasteiger partial charge in [0.1, 0.15) is 22.8 Å². The fourth-order valence-corrected chi connectivity index (χ4v) is 4.01. The van der Waals surface area contributed by atoms with Crippen molar-refractivity contribution in [2.24, 2.45) is 0 Å². The van der Waals surface area contributed by atoms with Gasteiger partial charge in [-0.15, -0.1) is 0 Å². The summed E-state index contributed by atoms with van der Waals surface area (Å²) in [6.45, 7) is 12.8. The third kappa shape index (κ3) is 4.72. The van der Waals surface area contributed by atoms with Crippen molar-refractivity contribution in [1.82, 2.24) is 4.90 Å². The van der Waals surface area contributed by atoms with Gasteiger partial charge in [0.05, 0.1) is 13.7 Å².